The van der Waals surface area contributed by atoms with E-state index in [2.05, 4.69) is 98.9 Å². The van der Waals surface area contributed by atoms with Crippen molar-refractivity contribution in [2.45, 2.75) is 283 Å². The van der Waals surface area contributed by atoms with Gasteiger partial charge >= 0.3 is 11.9 Å². The Kier molecular flexibility index (Phi) is 55.9. The van der Waals surface area contributed by atoms with Gasteiger partial charge in [0.05, 0.1) is 40.3 Å². The number of likely N-dealkylation sites (N-methyl/N-ethyl adjacent to an activating group) is 1. The quantitative estimate of drug-likeness (QED) is 0.0195. The number of rotatable bonds is 58. The Hall–Kier alpha value is -3.53. The number of hydrogen-bond donors (Lipinski definition) is 0. The third-order valence-electron chi connectivity index (χ3n) is 13.7. The minimum Gasteiger partial charge on any atom is -0.545 e. The van der Waals surface area contributed by atoms with Crippen LogP contribution < -0.4 is 5.11 Å². The number of nitrogens with zero attached hydrogens (tertiary/aromatic N) is 1. The van der Waals surface area contributed by atoms with Crippen molar-refractivity contribution in [2.24, 2.45) is 0 Å². The fourth-order valence-electron chi connectivity index (χ4n) is 8.81. The maximum atomic E-state index is 12.9. The first-order valence-electron chi connectivity index (χ1n) is 31.7. The zero-order valence-corrected chi connectivity index (χ0v) is 50.6. The largest absolute Gasteiger partial charge is 0.545 e. The molecule has 0 rings (SSSR count). The monoisotopic (exact) mass is 1080 g/mol. The fraction of sp³-hybridized carbons (Fsp3) is 0.750. The van der Waals surface area contributed by atoms with Crippen molar-refractivity contribution in [1.82, 2.24) is 0 Å². The van der Waals surface area contributed by atoms with Gasteiger partial charge in [-0.15, -0.1) is 0 Å². The van der Waals surface area contributed by atoms with Crippen molar-refractivity contribution >= 4 is 17.9 Å². The molecule has 9 heteroatoms. The summed E-state index contributed by atoms with van der Waals surface area (Å²) in [5.74, 6) is -2.30. The number of allylic oxidation sites excluding steroid dienone is 14. The Morgan fingerprint density at radius 3 is 1.10 bits per heavy atom. The van der Waals surface area contributed by atoms with Gasteiger partial charge in [0.25, 0.3) is 0 Å². The molecule has 0 aliphatic heterocycles. The van der Waals surface area contributed by atoms with Crippen LogP contribution in [0.2, 0.25) is 0 Å². The summed E-state index contributed by atoms with van der Waals surface area (Å²) in [5.41, 5.74) is 0. The van der Waals surface area contributed by atoms with Gasteiger partial charge in [-0.2, -0.15) is 0 Å². The van der Waals surface area contributed by atoms with Crippen LogP contribution in [0.1, 0.15) is 271 Å². The van der Waals surface area contributed by atoms with Crippen LogP contribution in [0.25, 0.3) is 0 Å². The van der Waals surface area contributed by atoms with Crippen LogP contribution in [0.5, 0.6) is 0 Å². The summed E-state index contributed by atoms with van der Waals surface area (Å²) in [6.07, 6.45) is 75.0. The SMILES string of the molecule is CC/C=C\C/C=C\C/C=C\C/C=C\C/C=C\C/C=C\C/C=C\CCCCCCCC(=O)OC(COC(=O)CCCCCCCCCCCCCCCCCCCCCCCCCCC)COC(OCC[N+](C)(C)C)C(=O)[O-]. The lowest BCUT2D eigenvalue weighted by Gasteiger charge is -2.26. The number of hydrogen-bond acceptors (Lipinski definition) is 8. The molecule has 2 atom stereocenters. The zero-order valence-electron chi connectivity index (χ0n) is 50.6. The molecule has 0 N–H and O–H groups in total. The predicted molar refractivity (Wildman–Crippen MR) is 324 cm³/mol. The standard InChI is InChI=1S/C68H119NO8/c1-6-8-10-12-14-16-18-20-22-24-26-28-30-32-33-35-37-39-41-43-45-47-49-51-53-55-57-59-66(71)77-64(63-76-68(67(72)73)74-61-60-69(3,4)5)62-75-65(70)58-56-54-52-50-48-46-44-42-40-38-36-34-31-29-27-25-23-21-19-17-15-13-11-9-7-2/h8,10,14,16,20,22,26,28,32-33,37,39,43,45,64,68H,6-7,9,11-13,15,17-19,21,23-25,27,29-31,34-36,38,40-42,44,46-63H2,1-5H3/b10-8-,16-14-,22-20-,28-26-,33-32-,39-37-,45-43-. The third kappa shape index (κ3) is 60.0. The molecule has 0 aromatic carbocycles. The fourth-order valence-corrected chi connectivity index (χ4v) is 8.81. The number of esters is 2. The van der Waals surface area contributed by atoms with Crippen LogP contribution in [0.3, 0.4) is 0 Å². The second kappa shape index (κ2) is 58.6. The highest BCUT2D eigenvalue weighted by molar-refractivity contribution is 5.70. The molecule has 0 spiro atoms. The Morgan fingerprint density at radius 1 is 0.403 bits per heavy atom. The van der Waals surface area contributed by atoms with E-state index in [0.29, 0.717) is 17.4 Å². The van der Waals surface area contributed by atoms with Crippen molar-refractivity contribution in [3.63, 3.8) is 0 Å². The Morgan fingerprint density at radius 2 is 0.740 bits per heavy atom. The van der Waals surface area contributed by atoms with Crippen LogP contribution in [-0.4, -0.2) is 82.3 Å². The second-order valence-corrected chi connectivity index (χ2v) is 22.3. The number of carbonyl (C=O) groups excluding carboxylic acids is 3. The molecule has 0 saturated heterocycles. The molecule has 2 unspecified atom stereocenters. The molecular weight excluding hydrogens is 959 g/mol. The molecule has 0 fully saturated rings. The number of carboxylic acid groups (broad SMARTS) is 1. The number of carbonyl (C=O) groups is 3. The molecule has 0 radical (unpaired) electrons. The van der Waals surface area contributed by atoms with Crippen LogP contribution in [0.4, 0.5) is 0 Å². The molecule has 0 amide bonds. The maximum Gasteiger partial charge on any atom is 0.306 e. The van der Waals surface area contributed by atoms with Crippen molar-refractivity contribution in [3.05, 3.63) is 85.1 Å². The number of aliphatic carboxylic acids is 1. The van der Waals surface area contributed by atoms with E-state index >= 15 is 0 Å². The van der Waals surface area contributed by atoms with Gasteiger partial charge in [-0.05, 0) is 70.6 Å². The van der Waals surface area contributed by atoms with E-state index < -0.39 is 24.3 Å². The van der Waals surface area contributed by atoms with E-state index in [0.717, 1.165) is 96.3 Å². The van der Waals surface area contributed by atoms with Gasteiger partial charge < -0.3 is 33.3 Å². The van der Waals surface area contributed by atoms with Crippen LogP contribution >= 0.6 is 0 Å². The summed E-state index contributed by atoms with van der Waals surface area (Å²) in [5, 5.41) is 11.8. The zero-order chi connectivity index (χ0) is 56.2. The van der Waals surface area contributed by atoms with Crippen molar-refractivity contribution in [2.75, 3.05) is 47.5 Å². The minimum absolute atomic E-state index is 0.141. The molecule has 77 heavy (non-hydrogen) atoms. The summed E-state index contributed by atoms with van der Waals surface area (Å²) in [6, 6.07) is 0. The van der Waals surface area contributed by atoms with E-state index in [1.807, 2.05) is 21.1 Å². The predicted octanol–water partition coefficient (Wildman–Crippen LogP) is 17.8. The molecule has 0 aliphatic rings. The molecule has 0 aromatic heterocycles. The first-order chi connectivity index (χ1) is 37.6. The van der Waals surface area contributed by atoms with Crippen LogP contribution in [0, 0.1) is 0 Å². The summed E-state index contributed by atoms with van der Waals surface area (Å²) in [6.45, 7) is 4.64. The maximum absolute atomic E-state index is 12.9. The van der Waals surface area contributed by atoms with E-state index in [-0.39, 0.29) is 38.6 Å². The van der Waals surface area contributed by atoms with E-state index in [9.17, 15) is 19.5 Å². The second-order valence-electron chi connectivity index (χ2n) is 22.3. The molecule has 0 bridgehead atoms. The highest BCUT2D eigenvalue weighted by Crippen LogP contribution is 2.17. The average Bonchev–Trinajstić information content (AvgIpc) is 3.40. The highest BCUT2D eigenvalue weighted by atomic mass is 16.7. The molecule has 0 saturated carbocycles. The summed E-state index contributed by atoms with van der Waals surface area (Å²) >= 11 is 0. The lowest BCUT2D eigenvalue weighted by molar-refractivity contribution is -0.870. The van der Waals surface area contributed by atoms with Crippen molar-refractivity contribution < 1.29 is 42.9 Å². The number of unbranched alkanes of at least 4 members (excludes halogenated alkanes) is 29. The smallest absolute Gasteiger partial charge is 0.306 e. The highest BCUT2D eigenvalue weighted by Gasteiger charge is 2.22. The summed E-state index contributed by atoms with van der Waals surface area (Å²) in [4.78, 5) is 37.4. The number of quaternary nitrogens is 1. The minimum atomic E-state index is -1.63. The van der Waals surface area contributed by atoms with Gasteiger partial charge in [0.2, 0.25) is 0 Å². The van der Waals surface area contributed by atoms with Crippen molar-refractivity contribution in [1.29, 1.82) is 0 Å². The molecule has 444 valence electrons. The van der Waals surface area contributed by atoms with Gasteiger partial charge in [-0.25, -0.2) is 0 Å². The van der Waals surface area contributed by atoms with E-state index in [1.165, 1.54) is 141 Å². The van der Waals surface area contributed by atoms with Crippen molar-refractivity contribution in [3.8, 4) is 0 Å². The summed E-state index contributed by atoms with van der Waals surface area (Å²) in [7, 11) is 5.92. The Balaban J connectivity index is 4.24. The molecule has 9 nitrogen and oxygen atoms in total. The first kappa shape index (κ1) is 73.5. The average molecular weight is 1080 g/mol. The van der Waals surface area contributed by atoms with Gasteiger partial charge in [0, 0.05) is 12.8 Å². The van der Waals surface area contributed by atoms with Gasteiger partial charge in [0.15, 0.2) is 12.4 Å². The lowest BCUT2D eigenvalue weighted by Crippen LogP contribution is -2.44. The number of carboxylic acids is 1. The normalized spacial score (nSPS) is 13.3. The lowest BCUT2D eigenvalue weighted by atomic mass is 10.0. The van der Waals surface area contributed by atoms with Gasteiger partial charge in [0.1, 0.15) is 13.2 Å². The molecular formula is C68H119NO8. The molecule has 0 aliphatic carbocycles. The topological polar surface area (TPSA) is 111 Å². The number of ether oxygens (including phenoxy) is 4. The van der Waals surface area contributed by atoms with Crippen LogP contribution in [-0.2, 0) is 33.3 Å². The van der Waals surface area contributed by atoms with Crippen LogP contribution in [0.15, 0.2) is 85.1 Å². The van der Waals surface area contributed by atoms with E-state index in [4.69, 9.17) is 18.9 Å². The van der Waals surface area contributed by atoms with Gasteiger partial charge in [-0.1, -0.05) is 272 Å². The Labute approximate surface area is 474 Å². The third-order valence-corrected chi connectivity index (χ3v) is 13.7. The summed E-state index contributed by atoms with van der Waals surface area (Å²) < 4.78 is 22.7. The van der Waals surface area contributed by atoms with E-state index in [1.54, 1.807) is 0 Å². The van der Waals surface area contributed by atoms with Gasteiger partial charge in [-0.3, -0.25) is 9.59 Å². The molecule has 0 heterocycles. The molecule has 0 aromatic rings. The first-order valence-corrected chi connectivity index (χ1v) is 31.7. The Bertz CT molecular complexity index is 1540.